The maximum atomic E-state index is 8.82. The van der Waals surface area contributed by atoms with Gasteiger partial charge in [-0.15, -0.1) is 0 Å². The molecule has 0 aromatic carbocycles. The lowest BCUT2D eigenvalue weighted by atomic mass is 9.86. The average Bonchev–Trinajstić information content (AvgIpc) is 2.53. The zero-order valence-electron chi connectivity index (χ0n) is 7.08. The molecule has 2 nitrogen and oxygen atoms in total. The Morgan fingerprint density at radius 1 is 1.58 bits per heavy atom. The minimum atomic E-state index is 0.0866. The van der Waals surface area contributed by atoms with Gasteiger partial charge in [-0.2, -0.15) is 17.0 Å². The van der Waals surface area contributed by atoms with Gasteiger partial charge in [0.05, 0.1) is 17.6 Å². The first-order valence-corrected chi connectivity index (χ1v) is 5.61. The Bertz CT molecular complexity index is 205. The second-order valence-electron chi connectivity index (χ2n) is 3.65. The third-order valence-corrected chi connectivity index (χ3v) is 3.97. The molecule has 2 fully saturated rings. The van der Waals surface area contributed by atoms with Crippen LogP contribution in [0.15, 0.2) is 0 Å². The molecule has 66 valence electrons. The molecule has 0 aliphatic carbocycles. The van der Waals surface area contributed by atoms with Gasteiger partial charge in [0.25, 0.3) is 0 Å². The maximum Gasteiger partial charge on any atom is 0.0792 e. The van der Waals surface area contributed by atoms with Crippen molar-refractivity contribution >= 4 is 11.8 Å². The number of thioether (sulfide) groups is 1. The number of nitriles is 1. The molecule has 2 unspecified atom stereocenters. The van der Waals surface area contributed by atoms with Crippen molar-refractivity contribution in [3.8, 4) is 6.07 Å². The summed E-state index contributed by atoms with van der Waals surface area (Å²) in [6.07, 6.45) is 3.05. The van der Waals surface area contributed by atoms with E-state index in [1.54, 1.807) is 0 Å². The van der Waals surface area contributed by atoms with Gasteiger partial charge in [0.2, 0.25) is 0 Å². The Morgan fingerprint density at radius 2 is 2.50 bits per heavy atom. The summed E-state index contributed by atoms with van der Waals surface area (Å²) in [6, 6.07) is 2.37. The van der Waals surface area contributed by atoms with Gasteiger partial charge in [0, 0.05) is 12.4 Å². The standard InChI is InChI=1S/C9H13NOS/c10-6-8-1-3-11-9(5-8)2-4-12-7-9/h8H,1-5,7H2. The Kier molecular flexibility index (Phi) is 2.29. The summed E-state index contributed by atoms with van der Waals surface area (Å²) in [7, 11) is 0. The van der Waals surface area contributed by atoms with E-state index in [9.17, 15) is 0 Å². The van der Waals surface area contributed by atoms with E-state index in [0.29, 0.717) is 0 Å². The van der Waals surface area contributed by atoms with E-state index in [4.69, 9.17) is 10.00 Å². The fourth-order valence-corrected chi connectivity index (χ4v) is 3.38. The monoisotopic (exact) mass is 183 g/mol. The fraction of sp³-hybridized carbons (Fsp3) is 0.889. The van der Waals surface area contributed by atoms with Gasteiger partial charge in [-0.1, -0.05) is 0 Å². The highest BCUT2D eigenvalue weighted by molar-refractivity contribution is 7.99. The molecule has 0 N–H and O–H groups in total. The Hall–Kier alpha value is -0.200. The first kappa shape index (κ1) is 8.40. The highest BCUT2D eigenvalue weighted by Crippen LogP contribution is 2.39. The van der Waals surface area contributed by atoms with Gasteiger partial charge < -0.3 is 4.74 Å². The number of nitrogens with zero attached hydrogens (tertiary/aromatic N) is 1. The van der Waals surface area contributed by atoms with E-state index in [1.165, 1.54) is 5.75 Å². The van der Waals surface area contributed by atoms with Gasteiger partial charge >= 0.3 is 0 Å². The van der Waals surface area contributed by atoms with Crippen molar-refractivity contribution in [2.24, 2.45) is 5.92 Å². The number of rotatable bonds is 0. The minimum Gasteiger partial charge on any atom is -0.374 e. The molecular formula is C9H13NOS. The molecule has 1 spiro atoms. The zero-order chi connectivity index (χ0) is 8.44. The topological polar surface area (TPSA) is 33.0 Å². The predicted octanol–water partition coefficient (Wildman–Crippen LogP) is 1.81. The van der Waals surface area contributed by atoms with Crippen LogP contribution in [0.25, 0.3) is 0 Å². The molecular weight excluding hydrogens is 170 g/mol. The smallest absolute Gasteiger partial charge is 0.0792 e. The summed E-state index contributed by atoms with van der Waals surface area (Å²) in [5.74, 6) is 2.56. The maximum absolute atomic E-state index is 8.82. The van der Waals surface area contributed by atoms with Crippen LogP contribution < -0.4 is 0 Å². The van der Waals surface area contributed by atoms with E-state index in [2.05, 4.69) is 6.07 Å². The summed E-state index contributed by atoms with van der Waals surface area (Å²) in [5.41, 5.74) is 0.0866. The molecule has 2 heterocycles. The number of hydrogen-bond acceptors (Lipinski definition) is 3. The largest absolute Gasteiger partial charge is 0.374 e. The van der Waals surface area contributed by atoms with Crippen LogP contribution in [0.4, 0.5) is 0 Å². The SMILES string of the molecule is N#CC1CCOC2(CCSC2)C1. The normalized spacial score (nSPS) is 41.4. The molecule has 12 heavy (non-hydrogen) atoms. The lowest BCUT2D eigenvalue weighted by molar-refractivity contribution is -0.0706. The van der Waals surface area contributed by atoms with Crippen molar-refractivity contribution in [2.75, 3.05) is 18.1 Å². The van der Waals surface area contributed by atoms with Crippen LogP contribution in [0.1, 0.15) is 19.3 Å². The fourth-order valence-electron chi connectivity index (χ4n) is 2.00. The molecule has 0 aromatic rings. The zero-order valence-corrected chi connectivity index (χ0v) is 7.90. The number of ether oxygens (including phenoxy) is 1. The Morgan fingerprint density at radius 3 is 3.17 bits per heavy atom. The highest BCUT2D eigenvalue weighted by atomic mass is 32.2. The molecule has 2 atom stereocenters. The van der Waals surface area contributed by atoms with E-state index in [1.807, 2.05) is 11.8 Å². The Labute approximate surface area is 77.3 Å². The first-order valence-electron chi connectivity index (χ1n) is 4.46. The van der Waals surface area contributed by atoms with Crippen LogP contribution in [0.5, 0.6) is 0 Å². The van der Waals surface area contributed by atoms with Crippen molar-refractivity contribution in [1.82, 2.24) is 0 Å². The number of hydrogen-bond donors (Lipinski definition) is 0. The van der Waals surface area contributed by atoms with E-state index >= 15 is 0 Å². The lowest BCUT2D eigenvalue weighted by Crippen LogP contribution is -2.39. The summed E-state index contributed by atoms with van der Waals surface area (Å²) in [5, 5.41) is 8.82. The second kappa shape index (κ2) is 3.27. The third kappa shape index (κ3) is 1.46. The van der Waals surface area contributed by atoms with Gasteiger partial charge in [0.1, 0.15) is 0 Å². The van der Waals surface area contributed by atoms with Crippen LogP contribution in [0.3, 0.4) is 0 Å². The van der Waals surface area contributed by atoms with E-state index < -0.39 is 0 Å². The van der Waals surface area contributed by atoms with Crippen LogP contribution >= 0.6 is 11.8 Å². The molecule has 2 aliphatic heterocycles. The lowest BCUT2D eigenvalue weighted by Gasteiger charge is -2.35. The predicted molar refractivity (Wildman–Crippen MR) is 49.0 cm³/mol. The second-order valence-corrected chi connectivity index (χ2v) is 4.76. The van der Waals surface area contributed by atoms with Gasteiger partial charge in [-0.25, -0.2) is 0 Å². The summed E-state index contributed by atoms with van der Waals surface area (Å²) >= 11 is 1.96. The van der Waals surface area contributed by atoms with Crippen molar-refractivity contribution in [3.05, 3.63) is 0 Å². The molecule has 0 bridgehead atoms. The van der Waals surface area contributed by atoms with Gasteiger partial charge in [-0.05, 0) is 25.0 Å². The van der Waals surface area contributed by atoms with Crippen molar-refractivity contribution < 1.29 is 4.74 Å². The summed E-state index contributed by atoms with van der Waals surface area (Å²) in [6.45, 7) is 0.790. The van der Waals surface area contributed by atoms with Crippen molar-refractivity contribution in [1.29, 1.82) is 5.26 Å². The van der Waals surface area contributed by atoms with Crippen LogP contribution in [0.2, 0.25) is 0 Å². The van der Waals surface area contributed by atoms with Crippen LogP contribution in [0, 0.1) is 17.2 Å². The summed E-state index contributed by atoms with van der Waals surface area (Å²) < 4.78 is 5.79. The van der Waals surface area contributed by atoms with Crippen LogP contribution in [-0.2, 0) is 4.74 Å². The molecule has 0 aromatic heterocycles. The van der Waals surface area contributed by atoms with Crippen LogP contribution in [-0.4, -0.2) is 23.7 Å². The molecule has 0 amide bonds. The highest BCUT2D eigenvalue weighted by Gasteiger charge is 2.40. The van der Waals surface area contributed by atoms with Crippen molar-refractivity contribution in [2.45, 2.75) is 24.9 Å². The minimum absolute atomic E-state index is 0.0866. The molecule has 3 heteroatoms. The molecule has 0 saturated carbocycles. The van der Waals surface area contributed by atoms with E-state index in [0.717, 1.165) is 31.6 Å². The summed E-state index contributed by atoms with van der Waals surface area (Å²) in [4.78, 5) is 0. The third-order valence-electron chi connectivity index (χ3n) is 2.74. The molecule has 2 aliphatic rings. The molecule has 0 radical (unpaired) electrons. The quantitative estimate of drug-likeness (QED) is 0.574. The van der Waals surface area contributed by atoms with Gasteiger partial charge in [-0.3, -0.25) is 0 Å². The molecule has 2 saturated heterocycles. The van der Waals surface area contributed by atoms with Crippen molar-refractivity contribution in [3.63, 3.8) is 0 Å². The average molecular weight is 183 g/mol. The van der Waals surface area contributed by atoms with E-state index in [-0.39, 0.29) is 11.5 Å². The van der Waals surface area contributed by atoms with Gasteiger partial charge in [0.15, 0.2) is 0 Å². The first-order chi connectivity index (χ1) is 5.85. The Balaban J connectivity index is 2.02. The molecule has 2 rings (SSSR count).